The summed E-state index contributed by atoms with van der Waals surface area (Å²) in [5, 5.41) is 12.8. The molecule has 2 aromatic carbocycles. The highest BCUT2D eigenvalue weighted by Crippen LogP contribution is 2.55. The highest BCUT2D eigenvalue weighted by atomic mass is 16.5. The van der Waals surface area contributed by atoms with E-state index in [1.165, 1.54) is 19.1 Å². The van der Waals surface area contributed by atoms with Crippen LogP contribution in [-0.2, 0) is 23.8 Å². The fourth-order valence-corrected chi connectivity index (χ4v) is 11.1. The summed E-state index contributed by atoms with van der Waals surface area (Å²) in [6.07, 6.45) is 7.93. The molecule has 6 fully saturated rings. The number of fused-ring (bicyclic) bond motifs is 4. The van der Waals surface area contributed by atoms with Crippen LogP contribution in [0.3, 0.4) is 0 Å². The number of alkyl carbamates (subject to hydrolysis) is 1. The number of likely N-dealkylation sites (N-methyl/N-ethyl adjacent to an activating group) is 1. The lowest BCUT2D eigenvalue weighted by Crippen LogP contribution is -2.54. The summed E-state index contributed by atoms with van der Waals surface area (Å²) < 4.78 is 16.0. The van der Waals surface area contributed by atoms with Gasteiger partial charge < -0.3 is 44.4 Å². The first-order valence-electron chi connectivity index (χ1n) is 22.6. The quantitative estimate of drug-likeness (QED) is 0.138. The van der Waals surface area contributed by atoms with Crippen molar-refractivity contribution in [2.75, 3.05) is 40.6 Å². The summed E-state index contributed by atoms with van der Waals surface area (Å²) in [4.78, 5) is 84.8. The van der Waals surface area contributed by atoms with E-state index >= 15 is 0 Å². The number of carbonyl (C=O) groups excluding carboxylic acids is 3. The van der Waals surface area contributed by atoms with Gasteiger partial charge in [0.25, 0.3) is 0 Å². The highest BCUT2D eigenvalue weighted by Gasteiger charge is 2.58. The molecule has 2 saturated carbocycles. The summed E-state index contributed by atoms with van der Waals surface area (Å²) in [7, 11) is 2.81. The Morgan fingerprint density at radius 3 is 2.12 bits per heavy atom. The average Bonchev–Trinajstić information content (AvgIpc) is 3.94. The van der Waals surface area contributed by atoms with Crippen LogP contribution < -0.4 is 5.32 Å². The number of nitrogens with one attached hydrogen (secondary N) is 3. The Kier molecular flexibility index (Phi) is 10.2. The third kappa shape index (κ3) is 7.29. The minimum absolute atomic E-state index is 0.0420. The molecule has 18 nitrogen and oxygen atoms in total. The first-order chi connectivity index (χ1) is 31.1. The number of ether oxygens (including phenoxy) is 3. The highest BCUT2D eigenvalue weighted by molar-refractivity contribution is 5.89. The molecule has 8 atom stereocenters. The predicted octanol–water partition coefficient (Wildman–Crippen LogP) is 5.44. The summed E-state index contributed by atoms with van der Waals surface area (Å²) in [5.41, 5.74) is 6.28. The molecule has 334 valence electrons. The Morgan fingerprint density at radius 1 is 0.766 bits per heavy atom. The van der Waals surface area contributed by atoms with Crippen molar-refractivity contribution in [2.45, 2.75) is 87.6 Å². The SMILES string of the molecule is COC(=O)N[C@H](C(=O)N1[C@@H]2C[C@H]2C[C@H]1c1nc2ccc(-c3cnc4cc(-c5cnc([C@@H]6C[C@H]7C[C@H]7N6C(=O)[C@H](C6CCOCC6)N(C)C(=O)O)[nH]5)ccc4n3)cc2[nH]1)C1CCOCC1. The number of imidazole rings is 2. The maximum Gasteiger partial charge on any atom is 0.407 e. The maximum absolute atomic E-state index is 14.3. The van der Waals surface area contributed by atoms with Crippen molar-refractivity contribution in [3.8, 4) is 22.5 Å². The van der Waals surface area contributed by atoms with Crippen LogP contribution in [0.15, 0.2) is 48.8 Å². The largest absolute Gasteiger partial charge is 0.465 e. The lowest BCUT2D eigenvalue weighted by atomic mass is 9.89. The number of methoxy groups -OCH3 is 1. The van der Waals surface area contributed by atoms with E-state index in [1.807, 2.05) is 46.2 Å². The summed E-state index contributed by atoms with van der Waals surface area (Å²) in [6.45, 7) is 2.14. The summed E-state index contributed by atoms with van der Waals surface area (Å²) in [6, 6.07) is 10.1. The zero-order chi connectivity index (χ0) is 43.8. The van der Waals surface area contributed by atoms with Crippen LogP contribution in [0.4, 0.5) is 9.59 Å². The number of hydrogen-bond acceptors (Lipinski definition) is 11. The molecule has 64 heavy (non-hydrogen) atoms. The van der Waals surface area contributed by atoms with Crippen LogP contribution in [-0.4, -0.2) is 138 Å². The predicted molar refractivity (Wildman–Crippen MR) is 230 cm³/mol. The van der Waals surface area contributed by atoms with Crippen molar-refractivity contribution in [3.63, 3.8) is 0 Å². The van der Waals surface area contributed by atoms with Crippen molar-refractivity contribution in [3.05, 3.63) is 60.4 Å². The second-order valence-corrected chi connectivity index (χ2v) is 18.5. The van der Waals surface area contributed by atoms with Crippen LogP contribution in [0.2, 0.25) is 0 Å². The van der Waals surface area contributed by atoms with Gasteiger partial charge in [-0.3, -0.25) is 19.5 Å². The molecule has 0 unspecified atom stereocenters. The Morgan fingerprint density at radius 2 is 1.42 bits per heavy atom. The maximum atomic E-state index is 14.3. The van der Waals surface area contributed by atoms with Gasteiger partial charge in [-0.25, -0.2) is 24.5 Å². The molecule has 3 aromatic heterocycles. The number of aromatic amines is 2. The van der Waals surface area contributed by atoms with Crippen molar-refractivity contribution >= 4 is 46.1 Å². The Bertz CT molecular complexity index is 2640. The number of hydrogen-bond donors (Lipinski definition) is 4. The molecule has 4 saturated heterocycles. The van der Waals surface area contributed by atoms with Crippen molar-refractivity contribution in [1.82, 2.24) is 49.9 Å². The zero-order valence-corrected chi connectivity index (χ0v) is 35.8. The first kappa shape index (κ1) is 40.6. The van der Waals surface area contributed by atoms with Crippen LogP contribution in [0, 0.1) is 23.7 Å². The van der Waals surface area contributed by atoms with Gasteiger partial charge in [-0.2, -0.15) is 0 Å². The van der Waals surface area contributed by atoms with Crippen LogP contribution in [0.25, 0.3) is 44.6 Å². The van der Waals surface area contributed by atoms with E-state index in [0.717, 1.165) is 64.9 Å². The van der Waals surface area contributed by atoms with Gasteiger partial charge in [-0.15, -0.1) is 0 Å². The minimum atomic E-state index is -1.11. The number of benzene rings is 2. The lowest BCUT2D eigenvalue weighted by Gasteiger charge is -2.38. The van der Waals surface area contributed by atoms with Gasteiger partial charge in [0.05, 0.1) is 65.0 Å². The number of carboxylic acid groups (broad SMARTS) is 1. The molecule has 4 aliphatic heterocycles. The van der Waals surface area contributed by atoms with E-state index in [4.69, 9.17) is 34.1 Å². The number of rotatable bonds is 10. The summed E-state index contributed by atoms with van der Waals surface area (Å²) in [5.74, 6) is 1.81. The van der Waals surface area contributed by atoms with E-state index in [2.05, 4.69) is 15.3 Å². The zero-order valence-electron chi connectivity index (χ0n) is 35.8. The van der Waals surface area contributed by atoms with Crippen LogP contribution in [0.5, 0.6) is 0 Å². The van der Waals surface area contributed by atoms with E-state index in [1.54, 1.807) is 12.4 Å². The van der Waals surface area contributed by atoms with E-state index < -0.39 is 24.3 Å². The standard InChI is InChI=1S/C46H52N10O8/c1-54(46(60)61)40(24-9-13-64-14-10-24)44(58)56-36-18-27(36)19-37(56)41-48-22-34(52-41)25-3-5-29-31(15-25)47-21-33(49-29)26-4-6-30-32(16-26)51-42(50-30)38-20-28-17-35(28)55(38)43(57)39(53-45(59)62-2)23-7-11-63-12-8-23/h3-6,15-16,21-24,27-28,35-40H,7-14,17-20H2,1-2H3,(H,48,52)(H,50,51)(H,53,59)(H,60,61)/t27-,28+,35-,36-,37+,38+,39+,40+/m1/s1. The van der Waals surface area contributed by atoms with Gasteiger partial charge in [-0.05, 0) is 99.3 Å². The third-order valence-electron chi connectivity index (χ3n) is 14.7. The number of piperidine rings is 2. The van der Waals surface area contributed by atoms with Gasteiger partial charge in [0.15, 0.2) is 0 Å². The Hall–Kier alpha value is -6.14. The van der Waals surface area contributed by atoms with E-state index in [9.17, 15) is 24.3 Å². The fraction of sp³-hybridized carbons (Fsp3) is 0.522. The molecule has 18 heteroatoms. The van der Waals surface area contributed by atoms with Crippen molar-refractivity contribution in [2.24, 2.45) is 23.7 Å². The number of nitrogens with zero attached hydrogens (tertiary/aromatic N) is 7. The number of carbonyl (C=O) groups is 4. The monoisotopic (exact) mass is 872 g/mol. The fourth-order valence-electron chi connectivity index (χ4n) is 11.1. The first-order valence-corrected chi connectivity index (χ1v) is 22.6. The molecule has 4 amide bonds. The molecule has 11 rings (SSSR count). The average molecular weight is 873 g/mol. The van der Waals surface area contributed by atoms with E-state index in [0.29, 0.717) is 81.0 Å². The van der Waals surface area contributed by atoms with Gasteiger partial charge in [0, 0.05) is 56.7 Å². The second-order valence-electron chi connectivity index (χ2n) is 18.5. The smallest absolute Gasteiger partial charge is 0.407 e. The molecule has 0 bridgehead atoms. The van der Waals surface area contributed by atoms with Crippen molar-refractivity contribution in [1.29, 1.82) is 0 Å². The molecule has 4 N–H and O–H groups in total. The number of aromatic nitrogens is 6. The topological polar surface area (TPSA) is 221 Å². The van der Waals surface area contributed by atoms with Crippen LogP contribution in [0.1, 0.15) is 75.1 Å². The molecule has 5 aromatic rings. The van der Waals surface area contributed by atoms with Gasteiger partial charge in [-0.1, -0.05) is 12.1 Å². The summed E-state index contributed by atoms with van der Waals surface area (Å²) >= 11 is 0. The number of likely N-dealkylation sites (tertiary alicyclic amines) is 2. The van der Waals surface area contributed by atoms with Gasteiger partial charge >= 0.3 is 12.2 Å². The normalized spacial score (nSPS) is 26.3. The van der Waals surface area contributed by atoms with Crippen molar-refractivity contribution < 1.29 is 38.5 Å². The lowest BCUT2D eigenvalue weighted by molar-refractivity contribution is -0.141. The molecule has 0 spiro atoms. The number of H-pyrrole nitrogens is 2. The Balaban J connectivity index is 0.808. The molecular weight excluding hydrogens is 821 g/mol. The molecule has 7 heterocycles. The molecule has 2 aliphatic carbocycles. The van der Waals surface area contributed by atoms with E-state index in [-0.39, 0.29) is 47.8 Å². The molecule has 6 aliphatic rings. The molecule has 0 radical (unpaired) electrons. The second kappa shape index (κ2) is 16.1. The van der Waals surface area contributed by atoms with Gasteiger partial charge in [0.2, 0.25) is 11.8 Å². The Labute approximate surface area is 368 Å². The van der Waals surface area contributed by atoms with Gasteiger partial charge in [0.1, 0.15) is 23.7 Å². The minimum Gasteiger partial charge on any atom is -0.465 e. The number of amides is 4. The third-order valence-corrected chi connectivity index (χ3v) is 14.7. The van der Waals surface area contributed by atoms with Crippen LogP contribution >= 0.6 is 0 Å². The molecular formula is C46H52N10O8.